The van der Waals surface area contributed by atoms with E-state index < -0.39 is 18.0 Å². The second-order valence-electron chi connectivity index (χ2n) is 7.25. The molecule has 0 aromatic heterocycles. The van der Waals surface area contributed by atoms with Crippen molar-refractivity contribution in [3.8, 4) is 0 Å². The van der Waals surface area contributed by atoms with E-state index in [9.17, 15) is 19.2 Å². The number of carbonyl (C=O) groups excluding carboxylic acids is 4. The van der Waals surface area contributed by atoms with E-state index in [1.165, 1.54) is 4.90 Å². The van der Waals surface area contributed by atoms with Crippen molar-refractivity contribution in [1.82, 2.24) is 10.2 Å². The number of ether oxygens (including phenoxy) is 1. The van der Waals surface area contributed by atoms with E-state index in [0.717, 1.165) is 11.1 Å². The van der Waals surface area contributed by atoms with Crippen LogP contribution >= 0.6 is 0 Å². The topological polar surface area (TPSA) is 105 Å². The molecule has 210 valence electrons. The maximum Gasteiger partial charge on any atom is 0.400 e. The molecule has 2 heterocycles. The molecule has 1 fully saturated rings. The Kier molecular flexibility index (Phi) is 24.0. The van der Waals surface area contributed by atoms with Crippen LogP contribution in [0.4, 0.5) is 10.5 Å². The van der Waals surface area contributed by atoms with Gasteiger partial charge in [-0.1, -0.05) is 58.9 Å². The zero-order valence-corrected chi connectivity index (χ0v) is 28.8. The van der Waals surface area contributed by atoms with Gasteiger partial charge in [-0.05, 0) is 6.42 Å². The van der Waals surface area contributed by atoms with E-state index in [4.69, 9.17) is 4.74 Å². The first-order chi connectivity index (χ1) is 17.4. The maximum atomic E-state index is 12.8. The Bertz CT molecular complexity index is 1050. The Labute approximate surface area is 284 Å². The van der Waals surface area contributed by atoms with Gasteiger partial charge in [0.2, 0.25) is 11.8 Å². The summed E-state index contributed by atoms with van der Waals surface area (Å²) in [4.78, 5) is 49.7. The molecule has 0 spiro atoms. The fourth-order valence-electron chi connectivity index (χ4n) is 3.48. The van der Waals surface area contributed by atoms with Crippen LogP contribution in [0.25, 0.3) is 0 Å². The van der Waals surface area contributed by atoms with Gasteiger partial charge in [0.25, 0.3) is 0 Å². The molecule has 1 saturated heterocycles. The van der Waals surface area contributed by atoms with Crippen molar-refractivity contribution in [1.29, 1.82) is 0 Å². The number of benzene rings is 2. The van der Waals surface area contributed by atoms with E-state index in [2.05, 4.69) is 29.7 Å². The largest absolute Gasteiger partial charge is 0.447 e. The number of nitrogens with zero attached hydrogens (tertiary/aromatic N) is 1. The van der Waals surface area contributed by atoms with Crippen LogP contribution in [0.1, 0.15) is 81.9 Å². The van der Waals surface area contributed by atoms with Gasteiger partial charge >= 0.3 is 6.09 Å². The fourth-order valence-corrected chi connectivity index (χ4v) is 3.48. The summed E-state index contributed by atoms with van der Waals surface area (Å²) in [6.45, 7) is 15.1. The van der Waals surface area contributed by atoms with Gasteiger partial charge in [0.15, 0.2) is 5.91 Å². The van der Waals surface area contributed by atoms with Crippen LogP contribution in [0, 0.1) is 26.0 Å². The molecule has 2 aromatic rings. The molecule has 2 radical (unpaired) electrons. The van der Waals surface area contributed by atoms with Crippen molar-refractivity contribution >= 4 is 29.5 Å². The molecule has 0 aliphatic carbocycles. The minimum Gasteiger partial charge on any atom is -0.447 e. The number of hydrogen-bond donors (Lipinski definition) is 2. The third-order valence-corrected chi connectivity index (χ3v) is 5.07. The number of fused-ring (bicyclic) bond motifs is 1. The number of hydrogen-bond acceptors (Lipinski definition) is 5. The smallest absolute Gasteiger partial charge is 0.400 e. The summed E-state index contributed by atoms with van der Waals surface area (Å²) in [7, 11) is 0. The number of piperidine rings is 1. The maximum absolute atomic E-state index is 12.8. The molecule has 10 heteroatoms. The first-order valence-electron chi connectivity index (χ1n) is 12.2. The van der Waals surface area contributed by atoms with E-state index in [0.29, 0.717) is 23.2 Å². The molecule has 1 unspecified atom stereocenters. The standard InChI is InChI=1S/C22H19N3O5.2C2H6.C2H5.CH4.2Y/c1-13-2-6-16(7-3-13)23-22(29)30-12-14-4-5-15-11-25(21(28)17(15)10-14)18-8-9-19(26)24-20(18)27;3*1-2;;;/h2,4-7,18H,8-9,11-12H2,1H3,(H,23,29)(H,24,26,27);2*1-2H3;1H2,2H3;1H4;;/q-2;;;-1;;;. The molecular weight excluding hydrogens is 648 g/mol. The number of anilines is 1. The zero-order valence-electron chi connectivity index (χ0n) is 23.1. The predicted molar refractivity (Wildman–Crippen MR) is 146 cm³/mol. The van der Waals surface area contributed by atoms with Gasteiger partial charge in [0, 0.05) is 78.4 Å². The minimum atomic E-state index is -0.673. The quantitative estimate of drug-likeness (QED) is 0.320. The first kappa shape index (κ1) is 42.0. The summed E-state index contributed by atoms with van der Waals surface area (Å²) in [5, 5.41) is 4.88. The average molecular weight is 688 g/mol. The van der Waals surface area contributed by atoms with E-state index in [1.54, 1.807) is 31.2 Å². The van der Waals surface area contributed by atoms with Gasteiger partial charge in [-0.2, -0.15) is 30.7 Å². The SMILES string of the molecule is C.CC.CC.Cc1[c-]cc(NC(=O)OCc2[c-]c3c(cc2)CN(C2CCC(=O)NC2=O)C3=O)cc1.[CH2-]C.[Y].[Y]. The molecular formula is C29H40N3O5Y2-3. The summed E-state index contributed by atoms with van der Waals surface area (Å²) in [6.07, 6.45) is -0.123. The zero-order chi connectivity index (χ0) is 27.3. The third-order valence-electron chi connectivity index (χ3n) is 5.07. The number of aryl methyl sites for hydroxylation is 1. The predicted octanol–water partition coefficient (Wildman–Crippen LogP) is 5.63. The minimum absolute atomic E-state index is 0. The number of amides is 4. The van der Waals surface area contributed by atoms with Crippen LogP contribution in [-0.2, 0) is 92.9 Å². The summed E-state index contributed by atoms with van der Waals surface area (Å²) in [6, 6.07) is 14.0. The Morgan fingerprint density at radius 2 is 1.74 bits per heavy atom. The van der Waals surface area contributed by atoms with Gasteiger partial charge in [-0.3, -0.25) is 14.9 Å². The van der Waals surface area contributed by atoms with Crippen molar-refractivity contribution < 1.29 is 89.3 Å². The molecule has 4 rings (SSSR count). The van der Waals surface area contributed by atoms with Crippen molar-refractivity contribution in [3.63, 3.8) is 0 Å². The Balaban J connectivity index is -0.00000135. The number of nitrogens with one attached hydrogen (secondary N) is 2. The molecule has 8 nitrogen and oxygen atoms in total. The van der Waals surface area contributed by atoms with Gasteiger partial charge < -0.3 is 26.7 Å². The summed E-state index contributed by atoms with van der Waals surface area (Å²) in [5.74, 6) is -1.10. The van der Waals surface area contributed by atoms with Gasteiger partial charge in [-0.25, -0.2) is 4.79 Å². The van der Waals surface area contributed by atoms with Crippen molar-refractivity contribution in [2.24, 2.45) is 0 Å². The monoisotopic (exact) mass is 688 g/mol. The van der Waals surface area contributed by atoms with E-state index in [1.807, 2.05) is 40.7 Å². The molecule has 2 aliphatic rings. The number of imide groups is 1. The summed E-state index contributed by atoms with van der Waals surface area (Å²) < 4.78 is 5.21. The Morgan fingerprint density at radius 1 is 1.10 bits per heavy atom. The van der Waals surface area contributed by atoms with Crippen LogP contribution in [0.2, 0.25) is 0 Å². The normalized spacial score (nSPS) is 14.4. The van der Waals surface area contributed by atoms with Crippen LogP contribution < -0.4 is 10.6 Å². The third kappa shape index (κ3) is 12.3. The molecule has 39 heavy (non-hydrogen) atoms. The molecule has 2 aliphatic heterocycles. The number of rotatable bonds is 4. The van der Waals surface area contributed by atoms with Crippen molar-refractivity contribution in [2.45, 2.75) is 81.0 Å². The molecule has 0 saturated carbocycles. The van der Waals surface area contributed by atoms with Crippen LogP contribution in [0.5, 0.6) is 0 Å². The molecule has 2 aromatic carbocycles. The first-order valence-corrected chi connectivity index (χ1v) is 12.2. The van der Waals surface area contributed by atoms with Gasteiger partial charge in [0.05, 0.1) is 0 Å². The van der Waals surface area contributed by atoms with Crippen molar-refractivity contribution in [3.05, 3.63) is 71.6 Å². The number of carbonyl (C=O) groups is 4. The summed E-state index contributed by atoms with van der Waals surface area (Å²) >= 11 is 0. The van der Waals surface area contributed by atoms with Crippen LogP contribution in [-0.4, -0.2) is 34.8 Å². The van der Waals surface area contributed by atoms with Gasteiger partial charge in [-0.15, -0.1) is 29.8 Å². The Hall–Kier alpha value is -1.47. The second-order valence-corrected chi connectivity index (χ2v) is 7.25. The van der Waals surface area contributed by atoms with Crippen LogP contribution in [0.3, 0.4) is 0 Å². The van der Waals surface area contributed by atoms with E-state index in [-0.39, 0.29) is 104 Å². The fraction of sp³-hybridized carbons (Fsp3) is 0.414. The van der Waals surface area contributed by atoms with Gasteiger partial charge in [0.1, 0.15) is 12.6 Å². The van der Waals surface area contributed by atoms with E-state index >= 15 is 0 Å². The molecule has 2 N–H and O–H groups in total. The summed E-state index contributed by atoms with van der Waals surface area (Å²) in [5.41, 5.74) is 3.16. The molecule has 1 atom stereocenters. The molecule has 4 amide bonds. The van der Waals surface area contributed by atoms with Crippen LogP contribution in [0.15, 0.2) is 30.3 Å². The Morgan fingerprint density at radius 3 is 2.31 bits per heavy atom. The molecule has 0 bridgehead atoms. The van der Waals surface area contributed by atoms with Crippen molar-refractivity contribution in [2.75, 3.05) is 5.32 Å². The second kappa shape index (κ2) is 22.2. The average Bonchev–Trinajstić information content (AvgIpc) is 3.23.